The molecule has 0 aromatic carbocycles. The molecule has 0 radical (unpaired) electrons. The smallest absolute Gasteiger partial charge is 0.328 e. The molecule has 10 heavy (non-hydrogen) atoms. The molecule has 0 amide bonds. The highest BCUT2D eigenvalue weighted by Gasteiger charge is 1.88. The van der Waals surface area contributed by atoms with Gasteiger partial charge >= 0.3 is 11.9 Å². The summed E-state index contributed by atoms with van der Waals surface area (Å²) in [5.41, 5.74) is 0. The number of aliphatic carboxylic acids is 2. The molecule has 4 heteroatoms. The molecule has 0 heterocycles. The fourth-order valence-corrected chi connectivity index (χ4v) is 0.143. The topological polar surface area (TPSA) is 74.6 Å². The first-order valence-electron chi connectivity index (χ1n) is 1.77. The first kappa shape index (κ1) is 15.9. The van der Waals surface area contributed by atoms with Crippen LogP contribution in [0.15, 0.2) is 12.2 Å². The molecule has 0 saturated heterocycles. The summed E-state index contributed by atoms with van der Waals surface area (Å²) in [4.78, 5) is 19.1. The van der Waals surface area contributed by atoms with Crippen LogP contribution in [0.5, 0.6) is 0 Å². The Morgan fingerprint density at radius 1 is 0.900 bits per heavy atom. The zero-order valence-corrected chi connectivity index (χ0v) is 3.87. The molecule has 0 spiro atoms. The van der Waals surface area contributed by atoms with Crippen LogP contribution in [-0.2, 0) is 9.59 Å². The molecule has 0 aromatic rings. The summed E-state index contributed by atoms with van der Waals surface area (Å²) in [5.74, 6) is -2.51. The molecule has 4 nitrogen and oxygen atoms in total. The van der Waals surface area contributed by atoms with E-state index in [1.54, 1.807) is 0 Å². The van der Waals surface area contributed by atoms with E-state index in [2.05, 4.69) is 0 Å². The molecular formula is C6H12O4. The van der Waals surface area contributed by atoms with Crippen molar-refractivity contribution in [1.29, 1.82) is 0 Å². The van der Waals surface area contributed by atoms with Crippen LogP contribution in [-0.4, -0.2) is 22.2 Å². The van der Waals surface area contributed by atoms with Gasteiger partial charge in [0, 0.05) is 12.2 Å². The molecule has 60 valence electrons. The van der Waals surface area contributed by atoms with Gasteiger partial charge in [0.25, 0.3) is 0 Å². The number of carbonyl (C=O) groups is 2. The molecule has 0 aliphatic carbocycles. The molecule has 0 fully saturated rings. The lowest BCUT2D eigenvalue weighted by Crippen LogP contribution is -1.91. The molecule has 0 aliphatic rings. The van der Waals surface area contributed by atoms with Crippen LogP contribution in [0.25, 0.3) is 0 Å². The van der Waals surface area contributed by atoms with Crippen molar-refractivity contribution in [3.05, 3.63) is 12.2 Å². The predicted octanol–water partition coefficient (Wildman–Crippen LogP) is 0.984. The largest absolute Gasteiger partial charge is 0.478 e. The summed E-state index contributed by atoms with van der Waals surface area (Å²) in [6, 6.07) is 0. The first-order chi connectivity index (χ1) is 3.63. The fraction of sp³-hybridized carbons (Fsp3) is 0.333. The van der Waals surface area contributed by atoms with Crippen LogP contribution in [0.4, 0.5) is 0 Å². The lowest BCUT2D eigenvalue weighted by Gasteiger charge is -1.74. The number of hydrogen-bond donors (Lipinski definition) is 2. The lowest BCUT2D eigenvalue weighted by atomic mass is 10.5. The molecule has 0 rings (SSSR count). The van der Waals surface area contributed by atoms with Crippen molar-refractivity contribution >= 4 is 11.9 Å². The van der Waals surface area contributed by atoms with Gasteiger partial charge in [0.1, 0.15) is 0 Å². The Bertz CT molecular complexity index is 121. The van der Waals surface area contributed by atoms with Gasteiger partial charge in [-0.25, -0.2) is 9.59 Å². The van der Waals surface area contributed by atoms with Crippen LogP contribution in [0.1, 0.15) is 14.9 Å². The minimum atomic E-state index is -1.26. The molecule has 0 saturated carbocycles. The van der Waals surface area contributed by atoms with E-state index in [0.717, 1.165) is 0 Å². The normalized spacial score (nSPS) is 7.60. The summed E-state index contributed by atoms with van der Waals surface area (Å²) in [7, 11) is 0. The quantitative estimate of drug-likeness (QED) is 0.572. The van der Waals surface area contributed by atoms with Crippen molar-refractivity contribution < 1.29 is 19.8 Å². The van der Waals surface area contributed by atoms with Gasteiger partial charge in [0.05, 0.1) is 0 Å². The van der Waals surface area contributed by atoms with Crippen molar-refractivity contribution in [1.82, 2.24) is 0 Å². The lowest BCUT2D eigenvalue weighted by molar-refractivity contribution is -0.134. The summed E-state index contributed by atoms with van der Waals surface area (Å²) in [6.45, 7) is 0. The second-order valence-electron chi connectivity index (χ2n) is 1.01. The van der Waals surface area contributed by atoms with Gasteiger partial charge in [0.2, 0.25) is 0 Å². The van der Waals surface area contributed by atoms with Gasteiger partial charge in [-0.1, -0.05) is 14.9 Å². The van der Waals surface area contributed by atoms with E-state index in [0.29, 0.717) is 12.2 Å². The number of rotatable bonds is 2. The van der Waals surface area contributed by atoms with Crippen molar-refractivity contribution in [2.45, 2.75) is 14.9 Å². The highest BCUT2D eigenvalue weighted by molar-refractivity contribution is 5.89. The third-order valence-electron chi connectivity index (χ3n) is 0.368. The van der Waals surface area contributed by atoms with Gasteiger partial charge in [-0.05, 0) is 0 Å². The van der Waals surface area contributed by atoms with E-state index < -0.39 is 11.9 Å². The molecule has 0 aliphatic heterocycles. The monoisotopic (exact) mass is 148 g/mol. The molecule has 0 aromatic heterocycles. The average molecular weight is 148 g/mol. The highest BCUT2D eigenvalue weighted by atomic mass is 16.4. The Labute approximate surface area is 59.8 Å². The third-order valence-corrected chi connectivity index (χ3v) is 0.368. The van der Waals surface area contributed by atoms with E-state index in [1.165, 1.54) is 0 Å². The molecule has 2 N–H and O–H groups in total. The summed E-state index contributed by atoms with van der Waals surface area (Å²) >= 11 is 0. The summed E-state index contributed by atoms with van der Waals surface area (Å²) < 4.78 is 0. The molecule has 0 bridgehead atoms. The van der Waals surface area contributed by atoms with Gasteiger partial charge < -0.3 is 10.2 Å². The maximum Gasteiger partial charge on any atom is 0.328 e. The number of carboxylic acids is 2. The minimum absolute atomic E-state index is 0. The van der Waals surface area contributed by atoms with E-state index >= 15 is 0 Å². The van der Waals surface area contributed by atoms with Gasteiger partial charge in [-0.3, -0.25) is 0 Å². The van der Waals surface area contributed by atoms with Crippen LogP contribution in [0.2, 0.25) is 0 Å². The van der Waals surface area contributed by atoms with E-state index in [-0.39, 0.29) is 14.9 Å². The van der Waals surface area contributed by atoms with Gasteiger partial charge in [-0.15, -0.1) is 0 Å². The second kappa shape index (κ2) is 7.68. The van der Waals surface area contributed by atoms with Gasteiger partial charge in [0.15, 0.2) is 0 Å². The Hall–Kier alpha value is -1.32. The second-order valence-corrected chi connectivity index (χ2v) is 1.01. The summed E-state index contributed by atoms with van der Waals surface area (Å²) in [5, 5.41) is 15.6. The van der Waals surface area contributed by atoms with Crippen LogP contribution < -0.4 is 0 Å². The van der Waals surface area contributed by atoms with Crippen LogP contribution in [0.3, 0.4) is 0 Å². The third kappa shape index (κ3) is 15.9. The maximum atomic E-state index is 9.55. The van der Waals surface area contributed by atoms with E-state index in [1.807, 2.05) is 0 Å². The van der Waals surface area contributed by atoms with Crippen LogP contribution in [0, 0.1) is 0 Å². The standard InChI is InChI=1S/C4H4O4.2CH4/c5-3(6)1-2-4(7)8;;/h1-2H,(H,5,6)(H,7,8);2*1H4/b2-1+;;. The molecule has 0 atom stereocenters. The average Bonchev–Trinajstić information content (AvgIpc) is 1.61. The first-order valence-corrected chi connectivity index (χ1v) is 1.77. The van der Waals surface area contributed by atoms with Crippen molar-refractivity contribution in [3.8, 4) is 0 Å². The van der Waals surface area contributed by atoms with Crippen molar-refractivity contribution in [3.63, 3.8) is 0 Å². The Balaban J connectivity index is -0.000000245. The van der Waals surface area contributed by atoms with E-state index in [4.69, 9.17) is 10.2 Å². The zero-order chi connectivity index (χ0) is 6.57. The van der Waals surface area contributed by atoms with Crippen molar-refractivity contribution in [2.75, 3.05) is 0 Å². The van der Waals surface area contributed by atoms with E-state index in [9.17, 15) is 9.59 Å². The zero-order valence-electron chi connectivity index (χ0n) is 3.87. The minimum Gasteiger partial charge on any atom is -0.478 e. The van der Waals surface area contributed by atoms with Crippen molar-refractivity contribution in [2.24, 2.45) is 0 Å². The Kier molecular flexibility index (Phi) is 12.2. The fourth-order valence-electron chi connectivity index (χ4n) is 0.143. The molecule has 0 unspecified atom stereocenters. The predicted molar refractivity (Wildman–Crippen MR) is 37.9 cm³/mol. The van der Waals surface area contributed by atoms with Crippen LogP contribution >= 0.6 is 0 Å². The highest BCUT2D eigenvalue weighted by Crippen LogP contribution is 1.70. The van der Waals surface area contributed by atoms with Gasteiger partial charge in [-0.2, -0.15) is 0 Å². The summed E-state index contributed by atoms with van der Waals surface area (Å²) in [6.07, 6.45) is 1.12. The SMILES string of the molecule is C.C.O=C(O)/C=C/C(=O)O. The maximum absolute atomic E-state index is 9.55. The molecular weight excluding hydrogens is 136 g/mol. The Morgan fingerprint density at radius 2 is 1.10 bits per heavy atom. The Morgan fingerprint density at radius 3 is 1.20 bits per heavy atom. The number of hydrogen-bond acceptors (Lipinski definition) is 2. The number of carboxylic acid groups (broad SMARTS) is 2.